The van der Waals surface area contributed by atoms with E-state index in [2.05, 4.69) is 5.32 Å². The molecule has 106 valence electrons. The Labute approximate surface area is 118 Å². The maximum absolute atomic E-state index is 12.2. The summed E-state index contributed by atoms with van der Waals surface area (Å²) in [6.45, 7) is 2.20. The Bertz CT molecular complexity index is 417. The van der Waals surface area contributed by atoms with Crippen molar-refractivity contribution >= 4 is 17.2 Å². The van der Waals surface area contributed by atoms with Gasteiger partial charge in [-0.25, -0.2) is 0 Å². The van der Waals surface area contributed by atoms with Crippen LogP contribution in [0.1, 0.15) is 44.3 Å². The van der Waals surface area contributed by atoms with Crippen molar-refractivity contribution in [2.45, 2.75) is 44.2 Å². The van der Waals surface area contributed by atoms with Crippen LogP contribution in [0, 0.1) is 5.92 Å². The molecule has 1 saturated carbocycles. The minimum absolute atomic E-state index is 0.0287. The van der Waals surface area contributed by atoms with Gasteiger partial charge < -0.3 is 16.2 Å². The van der Waals surface area contributed by atoms with Gasteiger partial charge in [-0.2, -0.15) is 11.3 Å². The van der Waals surface area contributed by atoms with Gasteiger partial charge in [0.15, 0.2) is 0 Å². The molecule has 1 aliphatic rings. The molecule has 1 fully saturated rings. The molecule has 0 saturated heterocycles. The lowest BCUT2D eigenvalue weighted by atomic mass is 9.74. The van der Waals surface area contributed by atoms with Crippen molar-refractivity contribution in [3.8, 4) is 0 Å². The zero-order valence-corrected chi connectivity index (χ0v) is 12.1. The summed E-state index contributed by atoms with van der Waals surface area (Å²) < 4.78 is 0. The van der Waals surface area contributed by atoms with Crippen LogP contribution in [0.5, 0.6) is 0 Å². The number of aliphatic hydroxyl groups is 1. The normalized spacial score (nSPS) is 28.9. The van der Waals surface area contributed by atoms with E-state index < -0.39 is 11.6 Å². The van der Waals surface area contributed by atoms with Crippen LogP contribution in [0.3, 0.4) is 0 Å². The molecule has 1 heterocycles. The predicted molar refractivity (Wildman–Crippen MR) is 76.8 cm³/mol. The molecule has 0 bridgehead atoms. The van der Waals surface area contributed by atoms with Gasteiger partial charge >= 0.3 is 0 Å². The summed E-state index contributed by atoms with van der Waals surface area (Å²) in [5.41, 5.74) is 6.63. The highest BCUT2D eigenvalue weighted by Gasteiger charge is 2.37. The molecule has 1 aromatic rings. The number of nitrogens with two attached hydrogens (primary N) is 1. The summed E-state index contributed by atoms with van der Waals surface area (Å²) in [5, 5.41) is 16.6. The largest absolute Gasteiger partial charge is 0.387 e. The summed E-state index contributed by atoms with van der Waals surface area (Å²) in [6, 6.07) is 1.87. The number of nitrogens with one attached hydrogen (secondary N) is 1. The zero-order valence-electron chi connectivity index (χ0n) is 11.3. The Hall–Kier alpha value is -0.910. The summed E-state index contributed by atoms with van der Waals surface area (Å²) in [6.07, 6.45) is 3.24. The van der Waals surface area contributed by atoms with Crippen molar-refractivity contribution in [3.05, 3.63) is 22.4 Å². The second-order valence-electron chi connectivity index (χ2n) is 5.62. The summed E-state index contributed by atoms with van der Waals surface area (Å²) in [7, 11) is 0. The van der Waals surface area contributed by atoms with E-state index in [1.54, 1.807) is 0 Å². The van der Waals surface area contributed by atoms with E-state index in [-0.39, 0.29) is 18.4 Å². The van der Waals surface area contributed by atoms with Gasteiger partial charge in [0.05, 0.1) is 12.0 Å². The summed E-state index contributed by atoms with van der Waals surface area (Å²) in [5.74, 6) is -0.171. The van der Waals surface area contributed by atoms with E-state index in [0.717, 1.165) is 31.2 Å². The van der Waals surface area contributed by atoms with Gasteiger partial charge in [-0.05, 0) is 42.2 Å². The topological polar surface area (TPSA) is 75.4 Å². The first-order valence-electron chi connectivity index (χ1n) is 6.77. The maximum atomic E-state index is 12.2. The van der Waals surface area contributed by atoms with Gasteiger partial charge in [0.1, 0.15) is 0 Å². The van der Waals surface area contributed by atoms with E-state index >= 15 is 0 Å². The maximum Gasteiger partial charge on any atom is 0.225 e. The molecule has 3 unspecified atom stereocenters. The second kappa shape index (κ2) is 6.03. The van der Waals surface area contributed by atoms with Crippen LogP contribution in [0.25, 0.3) is 0 Å². The lowest BCUT2D eigenvalue weighted by molar-refractivity contribution is -0.128. The number of carbonyl (C=O) groups excluding carboxylic acids is 1. The van der Waals surface area contributed by atoms with Gasteiger partial charge in [0, 0.05) is 12.1 Å². The van der Waals surface area contributed by atoms with Gasteiger partial charge in [-0.3, -0.25) is 4.79 Å². The summed E-state index contributed by atoms with van der Waals surface area (Å²) in [4.78, 5) is 12.2. The monoisotopic (exact) mass is 282 g/mol. The van der Waals surface area contributed by atoms with Crippen molar-refractivity contribution in [3.63, 3.8) is 0 Å². The van der Waals surface area contributed by atoms with Crippen molar-refractivity contribution < 1.29 is 9.90 Å². The lowest BCUT2D eigenvalue weighted by Gasteiger charge is -2.37. The third-order valence-electron chi connectivity index (χ3n) is 3.97. The van der Waals surface area contributed by atoms with E-state index in [1.165, 1.54) is 11.3 Å². The Morgan fingerprint density at radius 2 is 2.47 bits per heavy atom. The average molecular weight is 282 g/mol. The fourth-order valence-corrected chi connectivity index (χ4v) is 3.40. The van der Waals surface area contributed by atoms with Crippen LogP contribution >= 0.6 is 11.3 Å². The lowest BCUT2D eigenvalue weighted by Crippen LogP contribution is -2.53. The molecule has 0 radical (unpaired) electrons. The first kappa shape index (κ1) is 14.5. The molecule has 5 heteroatoms. The molecular formula is C14H22N2O2S. The van der Waals surface area contributed by atoms with Crippen LogP contribution in [0.2, 0.25) is 0 Å². The molecule has 0 spiro atoms. The SMILES string of the molecule is CC1(N)CCCCC1C(=O)NCC(O)c1ccsc1. The minimum Gasteiger partial charge on any atom is -0.387 e. The Kier molecular flexibility index (Phi) is 4.60. The Balaban J connectivity index is 1.87. The zero-order chi connectivity index (χ0) is 13.9. The van der Waals surface area contributed by atoms with Crippen molar-refractivity contribution in [2.75, 3.05) is 6.54 Å². The van der Waals surface area contributed by atoms with Gasteiger partial charge in [0.2, 0.25) is 5.91 Å². The third kappa shape index (κ3) is 3.55. The number of hydrogen-bond acceptors (Lipinski definition) is 4. The second-order valence-corrected chi connectivity index (χ2v) is 6.40. The number of aliphatic hydroxyl groups excluding tert-OH is 1. The number of hydrogen-bond donors (Lipinski definition) is 3. The molecule has 2 rings (SSSR count). The Morgan fingerprint density at radius 3 is 3.11 bits per heavy atom. The van der Waals surface area contributed by atoms with Crippen LogP contribution < -0.4 is 11.1 Å². The fraction of sp³-hybridized carbons (Fsp3) is 0.643. The number of carbonyl (C=O) groups is 1. The predicted octanol–water partition coefficient (Wildman–Crippen LogP) is 1.81. The van der Waals surface area contributed by atoms with Crippen LogP contribution in [-0.2, 0) is 4.79 Å². The molecule has 1 aromatic heterocycles. The molecule has 1 amide bonds. The van der Waals surface area contributed by atoms with Crippen molar-refractivity contribution in [1.82, 2.24) is 5.32 Å². The van der Waals surface area contributed by atoms with E-state index in [9.17, 15) is 9.90 Å². The first-order chi connectivity index (χ1) is 9.00. The third-order valence-corrected chi connectivity index (χ3v) is 4.67. The highest BCUT2D eigenvalue weighted by Crippen LogP contribution is 2.31. The van der Waals surface area contributed by atoms with Gasteiger partial charge in [-0.15, -0.1) is 0 Å². The molecule has 1 aliphatic carbocycles. The average Bonchev–Trinajstić information content (AvgIpc) is 2.89. The minimum atomic E-state index is -0.636. The Morgan fingerprint density at radius 1 is 1.68 bits per heavy atom. The molecule has 19 heavy (non-hydrogen) atoms. The number of thiophene rings is 1. The van der Waals surface area contributed by atoms with Crippen molar-refractivity contribution in [1.29, 1.82) is 0 Å². The van der Waals surface area contributed by atoms with E-state index in [0.29, 0.717) is 0 Å². The fourth-order valence-electron chi connectivity index (χ4n) is 2.69. The van der Waals surface area contributed by atoms with Crippen molar-refractivity contribution in [2.24, 2.45) is 11.7 Å². The van der Waals surface area contributed by atoms with E-state index in [1.807, 2.05) is 23.8 Å². The molecule has 4 N–H and O–H groups in total. The molecule has 0 aliphatic heterocycles. The molecule has 3 atom stereocenters. The van der Waals surface area contributed by atoms with Gasteiger partial charge in [0.25, 0.3) is 0 Å². The summed E-state index contributed by atoms with van der Waals surface area (Å²) >= 11 is 1.54. The van der Waals surface area contributed by atoms with Crippen LogP contribution in [-0.4, -0.2) is 23.1 Å². The van der Waals surface area contributed by atoms with Crippen LogP contribution in [0.15, 0.2) is 16.8 Å². The highest BCUT2D eigenvalue weighted by molar-refractivity contribution is 7.07. The molecular weight excluding hydrogens is 260 g/mol. The smallest absolute Gasteiger partial charge is 0.225 e. The molecule has 0 aromatic carbocycles. The number of amides is 1. The first-order valence-corrected chi connectivity index (χ1v) is 7.72. The number of rotatable bonds is 4. The standard InChI is InChI=1S/C14H22N2O2S/c1-14(15)6-3-2-4-11(14)13(18)16-8-12(17)10-5-7-19-9-10/h5,7,9,11-12,17H,2-4,6,8,15H2,1H3,(H,16,18). The molecule has 4 nitrogen and oxygen atoms in total. The van der Waals surface area contributed by atoms with E-state index in [4.69, 9.17) is 5.73 Å². The quantitative estimate of drug-likeness (QED) is 0.788. The van der Waals surface area contributed by atoms with Crippen LogP contribution in [0.4, 0.5) is 0 Å². The van der Waals surface area contributed by atoms with Gasteiger partial charge in [-0.1, -0.05) is 12.8 Å². The highest BCUT2D eigenvalue weighted by atomic mass is 32.1.